The molecule has 1 heteroatoms. The van der Waals surface area contributed by atoms with Crippen LogP contribution in [0.15, 0.2) is 174 Å². The van der Waals surface area contributed by atoms with Crippen LogP contribution in [-0.4, -0.2) is 0 Å². The Kier molecular flexibility index (Phi) is 3.87. The molecule has 0 aliphatic rings. The Labute approximate surface area is 277 Å². The van der Waals surface area contributed by atoms with Gasteiger partial charge < -0.3 is 4.42 Å². The van der Waals surface area contributed by atoms with Crippen molar-refractivity contribution in [3.8, 4) is 44.5 Å². The molecule has 1 nitrogen and oxygen atoms in total. The van der Waals surface area contributed by atoms with Crippen molar-refractivity contribution < 1.29 is 19.5 Å². The molecule has 0 amide bonds. The normalized spacial score (nSPS) is 15.0. The highest BCUT2D eigenvalue weighted by molar-refractivity contribution is 6.23. The standard InChI is InChI=1S/C44H28O/c1-3-14-29(15-4-1)31-18-13-19-32(26-31)43-34-21-7-9-23-36(34)44(37-24-10-8-22-35(37)43)40-27-39-33-20-11-12-25-41(33)45-42(39)28-38(40)30-16-5-2-6-17-30/h1-28H/i2D,5D,6D,11D,12D,16D,17D,20D,25D,27D,28D. The molecule has 1 aromatic heterocycles. The second-order valence-electron chi connectivity index (χ2n) is 10.8. The van der Waals surface area contributed by atoms with Crippen molar-refractivity contribution >= 4 is 43.5 Å². The van der Waals surface area contributed by atoms with E-state index in [0.717, 1.165) is 33.0 Å². The van der Waals surface area contributed by atoms with Gasteiger partial charge in [0.1, 0.15) is 11.2 Å². The molecular formula is C44H28O. The minimum absolute atomic E-state index is 0.0454. The van der Waals surface area contributed by atoms with Crippen molar-refractivity contribution in [1.82, 2.24) is 0 Å². The first-order valence-corrected chi connectivity index (χ1v) is 14.5. The monoisotopic (exact) mass is 583 g/mol. The molecule has 9 rings (SSSR count). The number of para-hydroxylation sites is 1. The summed E-state index contributed by atoms with van der Waals surface area (Å²) in [5, 5.41) is 2.77. The lowest BCUT2D eigenvalue weighted by molar-refractivity contribution is 0.669. The first-order chi connectivity index (χ1) is 26.9. The van der Waals surface area contributed by atoms with Crippen LogP contribution >= 0.6 is 0 Å². The molecule has 0 aliphatic carbocycles. The molecule has 0 atom stereocenters. The first kappa shape index (κ1) is 16.8. The summed E-state index contributed by atoms with van der Waals surface area (Å²) in [4.78, 5) is 0. The highest BCUT2D eigenvalue weighted by atomic mass is 16.3. The molecule has 0 bridgehead atoms. The predicted octanol–water partition coefficient (Wildman–Crippen LogP) is 12.6. The number of hydrogen-bond donors (Lipinski definition) is 0. The van der Waals surface area contributed by atoms with Gasteiger partial charge in [-0.3, -0.25) is 0 Å². The lowest BCUT2D eigenvalue weighted by Gasteiger charge is -2.20. The summed E-state index contributed by atoms with van der Waals surface area (Å²) in [5.41, 5.74) is 3.44. The van der Waals surface area contributed by atoms with Crippen LogP contribution in [0.3, 0.4) is 0 Å². The van der Waals surface area contributed by atoms with Gasteiger partial charge in [0, 0.05) is 10.8 Å². The van der Waals surface area contributed by atoms with Crippen molar-refractivity contribution in [2.45, 2.75) is 0 Å². The average Bonchev–Trinajstić information content (AvgIpc) is 3.64. The van der Waals surface area contributed by atoms with E-state index in [9.17, 15) is 2.74 Å². The van der Waals surface area contributed by atoms with Crippen LogP contribution in [0.25, 0.3) is 88.0 Å². The Balaban J connectivity index is 1.51. The number of hydrogen-bond acceptors (Lipinski definition) is 1. The molecule has 45 heavy (non-hydrogen) atoms. The van der Waals surface area contributed by atoms with Crippen molar-refractivity contribution in [2.24, 2.45) is 0 Å². The third-order valence-corrected chi connectivity index (χ3v) is 8.26. The van der Waals surface area contributed by atoms with Crippen LogP contribution in [0.5, 0.6) is 0 Å². The lowest BCUT2D eigenvalue weighted by atomic mass is 9.83. The summed E-state index contributed by atoms with van der Waals surface area (Å²) in [5.74, 6) is 0. The first-order valence-electron chi connectivity index (χ1n) is 20.0. The highest BCUT2D eigenvalue weighted by Gasteiger charge is 2.21. The van der Waals surface area contributed by atoms with E-state index in [4.69, 9.17) is 16.8 Å². The molecule has 0 saturated carbocycles. The Morgan fingerprint density at radius 2 is 0.978 bits per heavy atom. The van der Waals surface area contributed by atoms with Gasteiger partial charge in [0.05, 0.1) is 15.1 Å². The summed E-state index contributed by atoms with van der Waals surface area (Å²) in [7, 11) is 0. The Bertz CT molecular complexity index is 3070. The molecule has 0 fully saturated rings. The van der Waals surface area contributed by atoms with Crippen LogP contribution in [0.1, 0.15) is 15.1 Å². The highest BCUT2D eigenvalue weighted by Crippen LogP contribution is 2.48. The molecule has 0 spiro atoms. The zero-order valence-corrected chi connectivity index (χ0v) is 23.7. The maximum Gasteiger partial charge on any atom is 0.136 e. The average molecular weight is 584 g/mol. The number of rotatable bonds is 4. The van der Waals surface area contributed by atoms with Crippen LogP contribution < -0.4 is 0 Å². The second kappa shape index (κ2) is 10.4. The fraction of sp³-hybridized carbons (Fsp3) is 0. The molecule has 1 heterocycles. The van der Waals surface area contributed by atoms with E-state index in [0.29, 0.717) is 16.3 Å². The van der Waals surface area contributed by atoms with Crippen molar-refractivity contribution in [3.63, 3.8) is 0 Å². The molecule has 8 aromatic carbocycles. The largest absolute Gasteiger partial charge is 0.456 e. The van der Waals surface area contributed by atoms with E-state index >= 15 is 0 Å². The summed E-state index contributed by atoms with van der Waals surface area (Å²) < 4.78 is 104. The van der Waals surface area contributed by atoms with Gasteiger partial charge in [-0.25, -0.2) is 0 Å². The van der Waals surface area contributed by atoms with E-state index in [2.05, 4.69) is 6.07 Å². The summed E-state index contributed by atoms with van der Waals surface area (Å²) >= 11 is 0. The van der Waals surface area contributed by atoms with Gasteiger partial charge >= 0.3 is 0 Å². The second-order valence-corrected chi connectivity index (χ2v) is 10.8. The molecule has 0 saturated heterocycles. The third-order valence-electron chi connectivity index (χ3n) is 8.26. The third kappa shape index (κ3) is 4.17. The quantitative estimate of drug-likeness (QED) is 0.188. The van der Waals surface area contributed by atoms with Gasteiger partial charge in [0.2, 0.25) is 0 Å². The minimum atomic E-state index is -0.620. The fourth-order valence-corrected chi connectivity index (χ4v) is 6.33. The Morgan fingerprint density at radius 3 is 1.71 bits per heavy atom. The fourth-order valence-electron chi connectivity index (χ4n) is 6.33. The zero-order chi connectivity index (χ0) is 39.3. The molecule has 0 radical (unpaired) electrons. The van der Waals surface area contributed by atoms with E-state index in [-0.39, 0.29) is 44.7 Å². The minimum Gasteiger partial charge on any atom is -0.456 e. The summed E-state index contributed by atoms with van der Waals surface area (Å²) in [6.45, 7) is 0. The Morgan fingerprint density at radius 1 is 0.378 bits per heavy atom. The predicted molar refractivity (Wildman–Crippen MR) is 190 cm³/mol. The van der Waals surface area contributed by atoms with Gasteiger partial charge in [0.15, 0.2) is 0 Å². The van der Waals surface area contributed by atoms with E-state index in [1.54, 1.807) is 0 Å². The number of furan rings is 1. The maximum atomic E-state index is 9.99. The van der Waals surface area contributed by atoms with Crippen LogP contribution in [0, 0.1) is 0 Å². The topological polar surface area (TPSA) is 13.1 Å². The van der Waals surface area contributed by atoms with Crippen LogP contribution in [-0.2, 0) is 0 Å². The Hall–Kier alpha value is -5.92. The van der Waals surface area contributed by atoms with Crippen LogP contribution in [0.2, 0.25) is 0 Å². The van der Waals surface area contributed by atoms with Gasteiger partial charge in [0.25, 0.3) is 0 Å². The van der Waals surface area contributed by atoms with E-state index in [1.807, 2.05) is 97.1 Å². The van der Waals surface area contributed by atoms with Crippen molar-refractivity contribution in [3.05, 3.63) is 170 Å². The van der Waals surface area contributed by atoms with E-state index < -0.39 is 60.4 Å². The van der Waals surface area contributed by atoms with Gasteiger partial charge in [-0.15, -0.1) is 0 Å². The lowest BCUT2D eigenvalue weighted by Crippen LogP contribution is -1.93. The molecule has 210 valence electrons. The maximum absolute atomic E-state index is 9.99. The van der Waals surface area contributed by atoms with Crippen molar-refractivity contribution in [1.29, 1.82) is 0 Å². The molecule has 0 aliphatic heterocycles. The smallest absolute Gasteiger partial charge is 0.136 e. The molecule has 0 N–H and O–H groups in total. The summed E-state index contributed by atoms with van der Waals surface area (Å²) in [6.07, 6.45) is 0. The van der Waals surface area contributed by atoms with Gasteiger partial charge in [-0.1, -0.05) is 145 Å². The molecular weight excluding hydrogens is 544 g/mol. The summed E-state index contributed by atoms with van der Waals surface area (Å²) in [6, 6.07) is 27.7. The molecule has 0 unspecified atom stereocenters. The van der Waals surface area contributed by atoms with Crippen molar-refractivity contribution in [2.75, 3.05) is 0 Å². The van der Waals surface area contributed by atoms with E-state index in [1.165, 1.54) is 0 Å². The number of fused-ring (bicyclic) bond motifs is 5. The van der Waals surface area contributed by atoms with Gasteiger partial charge in [-0.2, -0.15) is 0 Å². The van der Waals surface area contributed by atoms with Gasteiger partial charge in [-0.05, 0) is 90.2 Å². The zero-order valence-electron chi connectivity index (χ0n) is 34.7. The van der Waals surface area contributed by atoms with Crippen LogP contribution in [0.4, 0.5) is 0 Å². The SMILES string of the molecule is [2H]c1c([2H])c([2H])c(-c2c(-c3c4ccccc4c(-c4cccc(-c5ccccc5)c4)c4ccccc34)c([2H])c3c(oc4c([2H])c([2H])c([2H])c([2H])c43)c2[2H])c([2H])c1[2H]. The number of benzene rings is 8. The molecule has 9 aromatic rings.